The SMILES string of the molecule is O=C1CN(C(=O)C[NH+]2CCCC2)[C@H](c2ccccc2)c2cc(Br)ccc2N1. The lowest BCUT2D eigenvalue weighted by atomic mass is 9.96. The van der Waals surface area contributed by atoms with E-state index < -0.39 is 0 Å². The highest BCUT2D eigenvalue weighted by atomic mass is 79.9. The first-order valence-electron chi connectivity index (χ1n) is 9.39. The van der Waals surface area contributed by atoms with Gasteiger partial charge in [-0.3, -0.25) is 9.59 Å². The Morgan fingerprint density at radius 3 is 2.63 bits per heavy atom. The number of hydrogen-bond donors (Lipinski definition) is 2. The minimum absolute atomic E-state index is 0.0312. The van der Waals surface area contributed by atoms with Crippen molar-refractivity contribution in [2.45, 2.75) is 18.9 Å². The van der Waals surface area contributed by atoms with Gasteiger partial charge in [-0.05, 0) is 23.8 Å². The summed E-state index contributed by atoms with van der Waals surface area (Å²) >= 11 is 3.54. The number of carbonyl (C=O) groups is 2. The van der Waals surface area contributed by atoms with Crippen LogP contribution < -0.4 is 10.2 Å². The molecular formula is C21H23BrN3O2+. The molecule has 1 saturated heterocycles. The molecule has 2 amide bonds. The molecule has 2 aromatic carbocycles. The number of benzene rings is 2. The third-order valence-electron chi connectivity index (χ3n) is 5.36. The van der Waals surface area contributed by atoms with Crippen molar-refractivity contribution < 1.29 is 14.5 Å². The third kappa shape index (κ3) is 3.92. The van der Waals surface area contributed by atoms with E-state index in [9.17, 15) is 9.59 Å². The molecule has 2 N–H and O–H groups in total. The van der Waals surface area contributed by atoms with Crippen LogP contribution in [0.2, 0.25) is 0 Å². The number of quaternary nitrogens is 1. The van der Waals surface area contributed by atoms with Crippen LogP contribution in [0.5, 0.6) is 0 Å². The molecule has 1 fully saturated rings. The van der Waals surface area contributed by atoms with Gasteiger partial charge in [-0.1, -0.05) is 46.3 Å². The number of carbonyl (C=O) groups excluding carboxylic acids is 2. The Kier molecular flexibility index (Phi) is 5.27. The van der Waals surface area contributed by atoms with Gasteiger partial charge < -0.3 is 15.1 Å². The van der Waals surface area contributed by atoms with Crippen LogP contribution in [0.25, 0.3) is 0 Å². The van der Waals surface area contributed by atoms with Crippen LogP contribution >= 0.6 is 15.9 Å². The van der Waals surface area contributed by atoms with Crippen molar-refractivity contribution in [2.75, 3.05) is 31.5 Å². The average Bonchev–Trinajstić information content (AvgIpc) is 3.12. The predicted molar refractivity (Wildman–Crippen MR) is 108 cm³/mol. The van der Waals surface area contributed by atoms with E-state index in [-0.39, 0.29) is 24.4 Å². The Morgan fingerprint density at radius 2 is 1.89 bits per heavy atom. The summed E-state index contributed by atoms with van der Waals surface area (Å²) in [5.41, 5.74) is 2.71. The van der Waals surface area contributed by atoms with Gasteiger partial charge in [0.15, 0.2) is 6.54 Å². The van der Waals surface area contributed by atoms with Crippen LogP contribution in [-0.2, 0) is 9.59 Å². The first-order chi connectivity index (χ1) is 13.1. The van der Waals surface area contributed by atoms with Crippen molar-refractivity contribution in [3.8, 4) is 0 Å². The fraction of sp³-hybridized carbons (Fsp3) is 0.333. The van der Waals surface area contributed by atoms with E-state index in [1.165, 1.54) is 17.7 Å². The highest BCUT2D eigenvalue weighted by molar-refractivity contribution is 9.10. The summed E-state index contributed by atoms with van der Waals surface area (Å²) in [6.45, 7) is 2.58. The normalized spacial score (nSPS) is 20.1. The maximum absolute atomic E-state index is 13.2. The Hall–Kier alpha value is -2.18. The van der Waals surface area contributed by atoms with E-state index >= 15 is 0 Å². The fourth-order valence-electron chi connectivity index (χ4n) is 4.07. The van der Waals surface area contributed by atoms with Crippen LogP contribution in [0.15, 0.2) is 53.0 Å². The van der Waals surface area contributed by atoms with Crippen molar-refractivity contribution in [3.63, 3.8) is 0 Å². The van der Waals surface area contributed by atoms with Gasteiger partial charge in [0.05, 0.1) is 19.1 Å². The smallest absolute Gasteiger partial charge is 0.279 e. The van der Waals surface area contributed by atoms with Crippen LogP contribution in [0.3, 0.4) is 0 Å². The number of rotatable bonds is 3. The summed E-state index contributed by atoms with van der Waals surface area (Å²) in [5, 5.41) is 2.97. The number of fused-ring (bicyclic) bond motifs is 1. The van der Waals surface area contributed by atoms with Crippen molar-refractivity contribution in [1.82, 2.24) is 4.90 Å². The van der Waals surface area contributed by atoms with Crippen LogP contribution in [0, 0.1) is 0 Å². The van der Waals surface area contributed by atoms with Gasteiger partial charge in [0.25, 0.3) is 5.91 Å². The first kappa shape index (κ1) is 18.2. The second-order valence-corrected chi connectivity index (χ2v) is 8.16. The molecule has 2 aliphatic heterocycles. The van der Waals surface area contributed by atoms with Gasteiger partial charge in [-0.2, -0.15) is 0 Å². The van der Waals surface area contributed by atoms with Crippen LogP contribution in [-0.4, -0.2) is 42.9 Å². The zero-order valence-electron chi connectivity index (χ0n) is 15.1. The van der Waals surface area contributed by atoms with Gasteiger partial charge in [-0.15, -0.1) is 0 Å². The van der Waals surface area contributed by atoms with Crippen molar-refractivity contribution in [3.05, 3.63) is 64.1 Å². The zero-order chi connectivity index (χ0) is 18.8. The molecule has 2 aliphatic rings. The van der Waals surface area contributed by atoms with Crippen molar-refractivity contribution in [2.24, 2.45) is 0 Å². The molecule has 0 spiro atoms. The summed E-state index contributed by atoms with van der Waals surface area (Å²) < 4.78 is 0.927. The van der Waals surface area contributed by atoms with Gasteiger partial charge >= 0.3 is 0 Å². The Labute approximate surface area is 167 Å². The van der Waals surface area contributed by atoms with E-state index in [0.29, 0.717) is 6.54 Å². The summed E-state index contributed by atoms with van der Waals surface area (Å²) in [6.07, 6.45) is 2.34. The minimum atomic E-state index is -0.285. The highest BCUT2D eigenvalue weighted by Crippen LogP contribution is 2.37. The van der Waals surface area contributed by atoms with Crippen LogP contribution in [0.4, 0.5) is 5.69 Å². The molecule has 6 heteroatoms. The molecular weight excluding hydrogens is 406 g/mol. The number of nitrogens with zero attached hydrogens (tertiary/aromatic N) is 1. The summed E-state index contributed by atoms with van der Waals surface area (Å²) in [7, 11) is 0. The Morgan fingerprint density at radius 1 is 1.15 bits per heavy atom. The molecule has 4 rings (SSSR count). The summed E-state index contributed by atoms with van der Waals surface area (Å²) in [4.78, 5) is 28.8. The monoisotopic (exact) mass is 428 g/mol. The molecule has 27 heavy (non-hydrogen) atoms. The number of amides is 2. The van der Waals surface area contributed by atoms with Gasteiger partial charge in [0, 0.05) is 28.6 Å². The van der Waals surface area contributed by atoms with Crippen LogP contribution in [0.1, 0.15) is 30.0 Å². The van der Waals surface area contributed by atoms with Crippen molar-refractivity contribution in [1.29, 1.82) is 0 Å². The van der Waals surface area contributed by atoms with E-state index in [0.717, 1.165) is 34.4 Å². The fourth-order valence-corrected chi connectivity index (χ4v) is 4.45. The molecule has 0 aromatic heterocycles. The van der Waals surface area contributed by atoms with Gasteiger partial charge in [0.2, 0.25) is 5.91 Å². The second-order valence-electron chi connectivity index (χ2n) is 7.25. The number of hydrogen-bond acceptors (Lipinski definition) is 2. The Balaban J connectivity index is 1.77. The first-order valence-corrected chi connectivity index (χ1v) is 10.2. The Bertz CT molecular complexity index is 850. The van der Waals surface area contributed by atoms with Crippen molar-refractivity contribution >= 4 is 33.4 Å². The largest absolute Gasteiger partial charge is 0.327 e. The van der Waals surface area contributed by atoms with E-state index in [4.69, 9.17) is 0 Å². The molecule has 2 heterocycles. The van der Waals surface area contributed by atoms with Gasteiger partial charge in [-0.25, -0.2) is 0 Å². The minimum Gasteiger partial charge on any atom is -0.327 e. The van der Waals surface area contributed by atoms with Gasteiger partial charge in [0.1, 0.15) is 6.54 Å². The summed E-state index contributed by atoms with van der Waals surface area (Å²) in [6, 6.07) is 15.5. The molecule has 1 atom stereocenters. The average molecular weight is 429 g/mol. The highest BCUT2D eigenvalue weighted by Gasteiger charge is 2.35. The maximum Gasteiger partial charge on any atom is 0.279 e. The molecule has 140 valence electrons. The molecule has 0 aliphatic carbocycles. The topological polar surface area (TPSA) is 53.9 Å². The van der Waals surface area contributed by atoms with E-state index in [1.807, 2.05) is 48.5 Å². The quantitative estimate of drug-likeness (QED) is 0.785. The third-order valence-corrected chi connectivity index (χ3v) is 5.85. The lowest BCUT2D eigenvalue weighted by Gasteiger charge is -2.31. The number of nitrogens with one attached hydrogen (secondary N) is 2. The standard InChI is InChI=1S/C21H22BrN3O2/c22-16-8-9-18-17(12-16)21(15-6-2-1-3-7-15)25(13-19(26)23-18)20(27)14-24-10-4-5-11-24/h1-3,6-9,12,21H,4-5,10-11,13-14H2,(H,23,26)/p+1/t21-/m1/s1. The molecule has 0 saturated carbocycles. The number of halogens is 1. The lowest BCUT2D eigenvalue weighted by Crippen LogP contribution is -3.11. The maximum atomic E-state index is 13.2. The van der Waals surface area contributed by atoms with E-state index in [2.05, 4.69) is 21.2 Å². The molecule has 0 unspecified atom stereocenters. The molecule has 0 bridgehead atoms. The lowest BCUT2D eigenvalue weighted by molar-refractivity contribution is -0.879. The summed E-state index contributed by atoms with van der Waals surface area (Å²) in [5.74, 6) is -0.120. The zero-order valence-corrected chi connectivity index (χ0v) is 16.7. The predicted octanol–water partition coefficient (Wildman–Crippen LogP) is 2.00. The number of likely N-dealkylation sites (tertiary alicyclic amines) is 1. The second kappa shape index (κ2) is 7.82. The molecule has 0 radical (unpaired) electrons. The number of anilines is 1. The van der Waals surface area contributed by atoms with E-state index in [1.54, 1.807) is 4.90 Å². The molecule has 5 nitrogen and oxygen atoms in total. The molecule has 2 aromatic rings.